The highest BCUT2D eigenvalue weighted by Gasteiger charge is 2.58. The number of carbonyl (C=O) groups excluding carboxylic acids is 2. The van der Waals surface area contributed by atoms with Crippen molar-refractivity contribution >= 4 is 45.1 Å². The molecule has 0 fully saturated rings. The smallest absolute Gasteiger partial charge is 0.328 e. The van der Waals surface area contributed by atoms with Gasteiger partial charge in [-0.15, -0.1) is 11.8 Å². The van der Waals surface area contributed by atoms with Crippen LogP contribution in [0, 0.1) is 0 Å². The fraction of sp³-hybridized carbons (Fsp3) is 0.360. The molecular formula is C25H25ClO6S2. The molecule has 0 unspecified atom stereocenters. The summed E-state index contributed by atoms with van der Waals surface area (Å²) < 4.78 is 38.2. The van der Waals surface area contributed by atoms with Crippen LogP contribution in [-0.2, 0) is 28.9 Å². The topological polar surface area (TPSA) is 86.7 Å². The maximum absolute atomic E-state index is 13.9. The summed E-state index contributed by atoms with van der Waals surface area (Å²) in [6.45, 7) is 3.31. The Morgan fingerprint density at radius 3 is 2.18 bits per heavy atom. The fourth-order valence-electron chi connectivity index (χ4n) is 4.59. The average molecular weight is 521 g/mol. The Morgan fingerprint density at radius 2 is 1.56 bits per heavy atom. The lowest BCUT2D eigenvalue weighted by Gasteiger charge is -2.35. The van der Waals surface area contributed by atoms with Crippen molar-refractivity contribution in [3.05, 3.63) is 81.2 Å². The lowest BCUT2D eigenvalue weighted by Crippen LogP contribution is -2.50. The van der Waals surface area contributed by atoms with Gasteiger partial charge in [-0.1, -0.05) is 54.1 Å². The molecule has 34 heavy (non-hydrogen) atoms. The van der Waals surface area contributed by atoms with Gasteiger partial charge in [-0.25, -0.2) is 8.42 Å². The normalized spacial score (nSPS) is 25.5. The molecule has 2 aliphatic heterocycles. The highest BCUT2D eigenvalue weighted by atomic mass is 35.5. The molecule has 2 aromatic carbocycles. The van der Waals surface area contributed by atoms with Crippen LogP contribution in [0.1, 0.15) is 42.6 Å². The standard InChI is InChI=1S/C25H25ClO6S2/c1-3-31-24(27)22-18-14-19(15-10-12-17(26)13-11-15)33-21(18)20(16-8-6-5-7-9-16)23(34(22,29)30)25(28)32-4-2/h5-13,19-20,22-23H,3-4,14H2,1-2H3/t19-,20+,22+,23+/m0/s1. The lowest BCUT2D eigenvalue weighted by molar-refractivity contribution is -0.142. The highest BCUT2D eigenvalue weighted by molar-refractivity contribution is 8.04. The molecule has 9 heteroatoms. The second kappa shape index (κ2) is 10.1. The molecule has 0 amide bonds. The van der Waals surface area contributed by atoms with Gasteiger partial charge in [-0.2, -0.15) is 0 Å². The number of esters is 2. The Labute approximate surface area is 208 Å². The van der Waals surface area contributed by atoms with Gasteiger partial charge in [0, 0.05) is 16.2 Å². The number of carbonyl (C=O) groups is 2. The Morgan fingerprint density at radius 1 is 0.941 bits per heavy atom. The van der Waals surface area contributed by atoms with E-state index in [-0.39, 0.29) is 18.5 Å². The van der Waals surface area contributed by atoms with E-state index in [4.69, 9.17) is 21.1 Å². The largest absolute Gasteiger partial charge is 0.465 e. The van der Waals surface area contributed by atoms with Crippen LogP contribution in [-0.4, -0.2) is 44.1 Å². The first kappa shape index (κ1) is 24.8. The van der Waals surface area contributed by atoms with Crippen LogP contribution in [0.2, 0.25) is 5.02 Å². The molecule has 0 N–H and O–H groups in total. The minimum absolute atomic E-state index is 0.0306. The van der Waals surface area contributed by atoms with E-state index in [1.54, 1.807) is 50.2 Å². The summed E-state index contributed by atoms with van der Waals surface area (Å²) in [5.41, 5.74) is 2.14. The predicted octanol–water partition coefficient (Wildman–Crippen LogP) is 4.85. The van der Waals surface area contributed by atoms with Gasteiger partial charge in [0.2, 0.25) is 0 Å². The third-order valence-corrected chi connectivity index (χ3v) is 10.0. The monoisotopic (exact) mass is 520 g/mol. The molecule has 6 nitrogen and oxygen atoms in total. The summed E-state index contributed by atoms with van der Waals surface area (Å²) in [5, 5.41) is -2.61. The molecule has 2 aromatic rings. The van der Waals surface area contributed by atoms with Gasteiger partial charge in [-0.3, -0.25) is 9.59 Å². The summed E-state index contributed by atoms with van der Waals surface area (Å²) in [6.07, 6.45) is 0.350. The number of hydrogen-bond acceptors (Lipinski definition) is 7. The molecular weight excluding hydrogens is 496 g/mol. The molecule has 2 heterocycles. The molecule has 0 spiro atoms. The second-order valence-corrected chi connectivity index (χ2v) is 11.9. The molecule has 0 aliphatic carbocycles. The van der Waals surface area contributed by atoms with Crippen molar-refractivity contribution in [3.63, 3.8) is 0 Å². The predicted molar refractivity (Wildman–Crippen MR) is 132 cm³/mol. The summed E-state index contributed by atoms with van der Waals surface area (Å²) in [6, 6.07) is 16.4. The zero-order valence-electron chi connectivity index (χ0n) is 18.8. The van der Waals surface area contributed by atoms with Gasteiger partial charge in [-0.05, 0) is 54.0 Å². The third-order valence-electron chi connectivity index (χ3n) is 6.00. The Bertz CT molecular complexity index is 1210. The quantitative estimate of drug-likeness (QED) is 0.503. The molecule has 0 saturated carbocycles. The molecule has 0 aromatic heterocycles. The molecule has 4 atom stereocenters. The van der Waals surface area contributed by atoms with Crippen molar-refractivity contribution in [1.82, 2.24) is 0 Å². The van der Waals surface area contributed by atoms with Gasteiger partial charge in [0.1, 0.15) is 0 Å². The third kappa shape index (κ3) is 4.51. The molecule has 180 valence electrons. The Balaban J connectivity index is 1.89. The van der Waals surface area contributed by atoms with Gasteiger partial charge >= 0.3 is 11.9 Å². The summed E-state index contributed by atoms with van der Waals surface area (Å²) in [7, 11) is -4.31. The average Bonchev–Trinajstić information content (AvgIpc) is 3.23. The summed E-state index contributed by atoms with van der Waals surface area (Å²) >= 11 is 7.55. The first-order valence-corrected chi connectivity index (χ1v) is 13.9. The summed E-state index contributed by atoms with van der Waals surface area (Å²) in [4.78, 5) is 26.8. The highest BCUT2D eigenvalue weighted by Crippen LogP contribution is 2.58. The fourth-order valence-corrected chi connectivity index (χ4v) is 8.77. The van der Waals surface area contributed by atoms with E-state index >= 15 is 0 Å². The molecule has 0 saturated heterocycles. The van der Waals surface area contributed by atoms with Crippen LogP contribution >= 0.6 is 23.4 Å². The number of halogens is 1. The Hall–Kier alpha value is -2.29. The number of sulfone groups is 1. The van der Waals surface area contributed by atoms with Crippen molar-refractivity contribution in [2.75, 3.05) is 13.2 Å². The van der Waals surface area contributed by atoms with Crippen LogP contribution in [0.5, 0.6) is 0 Å². The second-order valence-electron chi connectivity index (χ2n) is 8.03. The van der Waals surface area contributed by atoms with E-state index in [1.807, 2.05) is 18.2 Å². The van der Waals surface area contributed by atoms with Gasteiger partial charge in [0.25, 0.3) is 0 Å². The van der Waals surface area contributed by atoms with E-state index in [2.05, 4.69) is 0 Å². The zero-order valence-corrected chi connectivity index (χ0v) is 21.2. The maximum atomic E-state index is 13.9. The molecule has 4 rings (SSSR count). The number of benzene rings is 2. The summed E-state index contributed by atoms with van der Waals surface area (Å²) in [5.74, 6) is -2.48. The minimum Gasteiger partial charge on any atom is -0.465 e. The van der Waals surface area contributed by atoms with E-state index < -0.39 is 38.2 Å². The number of hydrogen-bond donors (Lipinski definition) is 0. The Kier molecular flexibility index (Phi) is 7.40. The first-order chi connectivity index (χ1) is 16.3. The minimum atomic E-state index is -4.31. The molecule has 0 bridgehead atoms. The van der Waals surface area contributed by atoms with Crippen molar-refractivity contribution < 1.29 is 27.5 Å². The molecule has 0 radical (unpaired) electrons. The number of allylic oxidation sites excluding steroid dienone is 1. The van der Waals surface area contributed by atoms with E-state index in [0.717, 1.165) is 10.5 Å². The van der Waals surface area contributed by atoms with Gasteiger partial charge < -0.3 is 9.47 Å². The number of rotatable bonds is 6. The zero-order chi connectivity index (χ0) is 24.5. The van der Waals surface area contributed by atoms with Crippen LogP contribution < -0.4 is 0 Å². The van der Waals surface area contributed by atoms with Crippen molar-refractivity contribution in [2.24, 2.45) is 0 Å². The van der Waals surface area contributed by atoms with Crippen molar-refractivity contribution in [3.8, 4) is 0 Å². The van der Waals surface area contributed by atoms with Gasteiger partial charge in [0.15, 0.2) is 20.3 Å². The first-order valence-electron chi connectivity index (χ1n) is 11.1. The van der Waals surface area contributed by atoms with Crippen molar-refractivity contribution in [2.45, 2.75) is 41.9 Å². The van der Waals surface area contributed by atoms with Crippen LogP contribution in [0.15, 0.2) is 65.1 Å². The SMILES string of the molecule is CCOC(=O)[C@H]1C2=C(S[C@H](c3ccc(Cl)cc3)C2)[C@@H](c2ccccc2)[C@H](C(=O)OCC)S1(=O)=O. The van der Waals surface area contributed by atoms with Crippen LogP contribution in [0.3, 0.4) is 0 Å². The van der Waals surface area contributed by atoms with E-state index in [9.17, 15) is 18.0 Å². The number of thioether (sulfide) groups is 1. The van der Waals surface area contributed by atoms with Gasteiger partial charge in [0.05, 0.1) is 13.2 Å². The maximum Gasteiger partial charge on any atom is 0.328 e. The number of ether oxygens (including phenoxy) is 2. The van der Waals surface area contributed by atoms with Crippen LogP contribution in [0.4, 0.5) is 0 Å². The van der Waals surface area contributed by atoms with E-state index in [0.29, 0.717) is 22.6 Å². The molecule has 2 aliphatic rings. The van der Waals surface area contributed by atoms with Crippen molar-refractivity contribution in [1.29, 1.82) is 0 Å². The lowest BCUT2D eigenvalue weighted by atomic mass is 9.89. The van der Waals surface area contributed by atoms with E-state index in [1.165, 1.54) is 11.8 Å². The van der Waals surface area contributed by atoms with Crippen LogP contribution in [0.25, 0.3) is 0 Å².